The van der Waals surface area contributed by atoms with Gasteiger partial charge in [0, 0.05) is 38.9 Å². The van der Waals surface area contributed by atoms with Crippen LogP contribution in [0.3, 0.4) is 0 Å². The van der Waals surface area contributed by atoms with E-state index in [-0.39, 0.29) is 35.6 Å². The molecule has 0 aromatic carbocycles. The Morgan fingerprint density at radius 2 is 2.07 bits per heavy atom. The third-order valence-corrected chi connectivity index (χ3v) is 5.38. The maximum atomic E-state index is 12.6. The highest BCUT2D eigenvalue weighted by Gasteiger charge is 2.49. The van der Waals surface area contributed by atoms with Crippen LogP contribution in [0.15, 0.2) is 18.3 Å². The normalized spacial score (nSPS) is 25.6. The van der Waals surface area contributed by atoms with E-state index in [2.05, 4.69) is 9.88 Å². The number of morpholine rings is 1. The van der Waals surface area contributed by atoms with Crippen LogP contribution in [-0.4, -0.2) is 101 Å². The number of likely N-dealkylation sites (tertiary alicyclic amines) is 1. The number of carbonyl (C=O) groups is 2. The van der Waals surface area contributed by atoms with E-state index in [4.69, 9.17) is 9.47 Å². The van der Waals surface area contributed by atoms with Gasteiger partial charge in [0.2, 0.25) is 0 Å². The molecule has 3 fully saturated rings. The van der Waals surface area contributed by atoms with Crippen LogP contribution in [0, 0.1) is 0 Å². The fraction of sp³-hybridized carbons (Fsp3) is 0.611. The molecular formula is C18H24N4O5. The summed E-state index contributed by atoms with van der Waals surface area (Å²) in [5, 5.41) is 9.86. The topological polar surface area (TPSA) is 95.4 Å². The van der Waals surface area contributed by atoms with E-state index in [0.29, 0.717) is 19.6 Å². The Hall–Kier alpha value is -2.39. The maximum Gasteiger partial charge on any atom is 0.410 e. The van der Waals surface area contributed by atoms with Crippen LogP contribution in [0.1, 0.15) is 16.9 Å². The fourth-order valence-electron chi connectivity index (χ4n) is 3.93. The van der Waals surface area contributed by atoms with Crippen molar-refractivity contribution in [2.24, 2.45) is 0 Å². The van der Waals surface area contributed by atoms with Crippen molar-refractivity contribution in [1.82, 2.24) is 19.7 Å². The molecule has 0 aliphatic carbocycles. The zero-order chi connectivity index (χ0) is 18.8. The zero-order valence-corrected chi connectivity index (χ0v) is 15.1. The number of pyridine rings is 1. The van der Waals surface area contributed by atoms with Crippen LogP contribution < -0.4 is 0 Å². The smallest absolute Gasteiger partial charge is 0.410 e. The molecule has 3 aliphatic heterocycles. The van der Waals surface area contributed by atoms with E-state index in [0.717, 1.165) is 39.3 Å². The third kappa shape index (κ3) is 3.70. The van der Waals surface area contributed by atoms with Gasteiger partial charge in [-0.2, -0.15) is 0 Å². The Morgan fingerprint density at radius 3 is 2.85 bits per heavy atom. The van der Waals surface area contributed by atoms with Gasteiger partial charge in [-0.25, -0.2) is 9.78 Å². The van der Waals surface area contributed by atoms with E-state index in [1.54, 1.807) is 15.9 Å². The molecule has 0 bridgehead atoms. The molecule has 4 heterocycles. The van der Waals surface area contributed by atoms with E-state index in [1.807, 2.05) is 0 Å². The second kappa shape index (κ2) is 7.69. The van der Waals surface area contributed by atoms with Crippen molar-refractivity contribution < 1.29 is 24.2 Å². The highest BCUT2D eigenvalue weighted by atomic mass is 16.6. The van der Waals surface area contributed by atoms with Gasteiger partial charge in [0.05, 0.1) is 25.8 Å². The summed E-state index contributed by atoms with van der Waals surface area (Å²) in [5.41, 5.74) is 0.0302. The molecule has 146 valence electrons. The first kappa shape index (κ1) is 18.0. The van der Waals surface area contributed by atoms with Gasteiger partial charge < -0.3 is 19.5 Å². The number of hydrogen-bond acceptors (Lipinski definition) is 7. The minimum atomic E-state index is -0.341. The largest absolute Gasteiger partial charge is 0.505 e. The average Bonchev–Trinajstić information content (AvgIpc) is 3.21. The number of fused-ring (bicyclic) bond motifs is 1. The van der Waals surface area contributed by atoms with Crippen LogP contribution in [0.25, 0.3) is 0 Å². The Morgan fingerprint density at radius 1 is 1.26 bits per heavy atom. The summed E-state index contributed by atoms with van der Waals surface area (Å²) in [4.78, 5) is 34.5. The van der Waals surface area contributed by atoms with Crippen LogP contribution in [-0.2, 0) is 9.47 Å². The molecule has 4 rings (SSSR count). The Kier molecular flexibility index (Phi) is 5.13. The van der Waals surface area contributed by atoms with Gasteiger partial charge in [-0.3, -0.25) is 14.6 Å². The molecule has 0 spiro atoms. The molecule has 3 aliphatic rings. The molecule has 1 aromatic rings. The van der Waals surface area contributed by atoms with Gasteiger partial charge in [0.15, 0.2) is 5.69 Å². The molecule has 1 aromatic heterocycles. The van der Waals surface area contributed by atoms with E-state index in [9.17, 15) is 14.7 Å². The zero-order valence-electron chi connectivity index (χ0n) is 15.1. The van der Waals surface area contributed by atoms with Crippen molar-refractivity contribution in [2.75, 3.05) is 52.5 Å². The molecule has 1 N–H and O–H groups in total. The van der Waals surface area contributed by atoms with Crippen LogP contribution in [0.5, 0.6) is 5.75 Å². The Bertz CT molecular complexity index is 709. The van der Waals surface area contributed by atoms with E-state index < -0.39 is 0 Å². The quantitative estimate of drug-likeness (QED) is 0.782. The number of carbonyl (C=O) groups excluding carboxylic acids is 2. The lowest BCUT2D eigenvalue weighted by Crippen LogP contribution is -2.42. The average molecular weight is 376 g/mol. The number of amides is 2. The summed E-state index contributed by atoms with van der Waals surface area (Å²) in [6.07, 6.45) is 1.70. The van der Waals surface area contributed by atoms with Gasteiger partial charge in [-0.1, -0.05) is 0 Å². The predicted octanol–water partition coefficient (Wildman–Crippen LogP) is 0.155. The third-order valence-electron chi connectivity index (χ3n) is 5.38. The first-order chi connectivity index (χ1) is 13.1. The van der Waals surface area contributed by atoms with Gasteiger partial charge in [0.25, 0.3) is 5.91 Å². The molecule has 0 unspecified atom stereocenters. The molecule has 3 saturated heterocycles. The first-order valence-corrected chi connectivity index (χ1v) is 9.34. The molecular weight excluding hydrogens is 352 g/mol. The van der Waals surface area contributed by atoms with Crippen LogP contribution >= 0.6 is 0 Å². The minimum absolute atomic E-state index is 0.0302. The van der Waals surface area contributed by atoms with Crippen LogP contribution in [0.4, 0.5) is 4.79 Å². The molecule has 2 amide bonds. The lowest BCUT2D eigenvalue weighted by molar-refractivity contribution is 0.0362. The van der Waals surface area contributed by atoms with Crippen molar-refractivity contribution in [3.63, 3.8) is 0 Å². The molecule has 9 heteroatoms. The Balaban J connectivity index is 1.34. The number of aromatic hydroxyl groups is 1. The van der Waals surface area contributed by atoms with Gasteiger partial charge in [-0.05, 0) is 18.6 Å². The van der Waals surface area contributed by atoms with Crippen molar-refractivity contribution in [1.29, 1.82) is 0 Å². The van der Waals surface area contributed by atoms with Gasteiger partial charge in [-0.15, -0.1) is 0 Å². The van der Waals surface area contributed by atoms with Crippen LogP contribution in [0.2, 0.25) is 0 Å². The van der Waals surface area contributed by atoms with E-state index in [1.165, 1.54) is 12.3 Å². The van der Waals surface area contributed by atoms with Gasteiger partial charge >= 0.3 is 6.09 Å². The predicted molar refractivity (Wildman–Crippen MR) is 94.4 cm³/mol. The molecule has 0 saturated carbocycles. The minimum Gasteiger partial charge on any atom is -0.505 e. The number of aromatic nitrogens is 1. The fourth-order valence-corrected chi connectivity index (χ4v) is 3.93. The highest BCUT2D eigenvalue weighted by Crippen LogP contribution is 2.29. The van der Waals surface area contributed by atoms with E-state index >= 15 is 0 Å². The summed E-state index contributed by atoms with van der Waals surface area (Å²) >= 11 is 0. The molecule has 27 heavy (non-hydrogen) atoms. The number of rotatable bonds is 5. The summed E-state index contributed by atoms with van der Waals surface area (Å²) in [6, 6.07) is 2.87. The molecule has 9 nitrogen and oxygen atoms in total. The van der Waals surface area contributed by atoms with Gasteiger partial charge in [0.1, 0.15) is 11.9 Å². The second-order valence-electron chi connectivity index (χ2n) is 7.07. The number of nitrogens with zero attached hydrogens (tertiary/aromatic N) is 4. The number of ether oxygens (including phenoxy) is 2. The second-order valence-corrected chi connectivity index (χ2v) is 7.07. The van der Waals surface area contributed by atoms with Crippen molar-refractivity contribution in [2.45, 2.75) is 18.6 Å². The monoisotopic (exact) mass is 376 g/mol. The van der Waals surface area contributed by atoms with Crippen molar-refractivity contribution >= 4 is 12.0 Å². The maximum absolute atomic E-state index is 12.6. The summed E-state index contributed by atoms with van der Waals surface area (Å²) in [5.74, 6) is -0.481. The lowest BCUT2D eigenvalue weighted by Gasteiger charge is -2.28. The molecule has 2 atom stereocenters. The van der Waals surface area contributed by atoms with Crippen molar-refractivity contribution in [3.05, 3.63) is 24.0 Å². The first-order valence-electron chi connectivity index (χ1n) is 9.34. The standard InChI is InChI=1S/C18H24N4O5/c23-14-3-1-4-19-16(14)17(24)21-11-13-15(12-21)27-18(25)22(13)6-2-5-20-7-9-26-10-8-20/h1,3-4,13,15,23H,2,5-12H2/t13-,15+/m1/s1. The van der Waals surface area contributed by atoms with Crippen molar-refractivity contribution in [3.8, 4) is 5.75 Å². The Labute approximate surface area is 157 Å². The molecule has 0 radical (unpaired) electrons. The lowest BCUT2D eigenvalue weighted by atomic mass is 10.2. The SMILES string of the molecule is O=C(c1ncccc1O)N1C[C@@H]2OC(=O)N(CCCN3CCOCC3)[C@@H]2C1. The highest BCUT2D eigenvalue weighted by molar-refractivity contribution is 5.95. The summed E-state index contributed by atoms with van der Waals surface area (Å²) < 4.78 is 10.8. The number of hydrogen-bond donors (Lipinski definition) is 1. The summed E-state index contributed by atoms with van der Waals surface area (Å²) in [7, 11) is 0. The summed E-state index contributed by atoms with van der Waals surface area (Å²) in [6.45, 7) is 5.59.